The maximum atomic E-state index is 12.0. The molecule has 1 aromatic rings. The fraction of sp³-hybridized carbons (Fsp3) is 0.591. The molecule has 0 aliphatic heterocycles. The molecule has 1 aliphatic rings. The summed E-state index contributed by atoms with van der Waals surface area (Å²) in [6.45, 7) is 7.82. The number of carboxylic acids is 1. The minimum Gasteiger partial charge on any atom is -0.479 e. The molecule has 0 saturated heterocycles. The molecule has 1 saturated carbocycles. The molecule has 4 nitrogen and oxygen atoms in total. The number of carboxylic acid groups (broad SMARTS) is 1. The first-order valence-corrected chi connectivity index (χ1v) is 9.71. The predicted molar refractivity (Wildman–Crippen MR) is 104 cm³/mol. The second kappa shape index (κ2) is 9.21. The number of hydrogen-bond acceptors (Lipinski definition) is 3. The quantitative estimate of drug-likeness (QED) is 0.726. The van der Waals surface area contributed by atoms with Crippen molar-refractivity contribution in [3.8, 4) is 11.8 Å². The van der Waals surface area contributed by atoms with Crippen LogP contribution in [-0.4, -0.2) is 34.2 Å². The molecule has 0 heterocycles. The van der Waals surface area contributed by atoms with Crippen LogP contribution in [0.2, 0.25) is 0 Å². The van der Waals surface area contributed by atoms with Gasteiger partial charge in [-0.3, -0.25) is 4.90 Å². The van der Waals surface area contributed by atoms with E-state index in [1.807, 2.05) is 19.1 Å². The molecule has 2 atom stereocenters. The van der Waals surface area contributed by atoms with Gasteiger partial charge in [0.1, 0.15) is 0 Å². The van der Waals surface area contributed by atoms with E-state index in [4.69, 9.17) is 0 Å². The largest absolute Gasteiger partial charge is 0.479 e. The average Bonchev–Trinajstić information content (AvgIpc) is 2.68. The summed E-state index contributed by atoms with van der Waals surface area (Å²) in [6, 6.07) is 7.35. The predicted octanol–water partition coefficient (Wildman–Crippen LogP) is 3.95. The highest BCUT2D eigenvalue weighted by Crippen LogP contribution is 2.40. The lowest BCUT2D eigenvalue weighted by molar-refractivity contribution is -0.168. The Bertz CT molecular complexity index is 648. The van der Waals surface area contributed by atoms with Crippen LogP contribution in [-0.2, 0) is 10.4 Å². The van der Waals surface area contributed by atoms with Gasteiger partial charge in [0, 0.05) is 5.92 Å². The second-order valence-electron chi connectivity index (χ2n) is 7.05. The van der Waals surface area contributed by atoms with Gasteiger partial charge in [-0.1, -0.05) is 63.3 Å². The summed E-state index contributed by atoms with van der Waals surface area (Å²) in [5.74, 6) is 4.86. The lowest BCUT2D eigenvalue weighted by atomic mass is 9.73. The standard InChI is InChI=1S/C22H31NO3/c1-4-10-20(23(5-2)6-3)17-13-15-19(16-14-17)22(26,21(24)25)18-11-8-7-9-12-18/h13-16,18,20,26H,5-9,11-12H2,1-3H3,(H,24,25). The maximum absolute atomic E-state index is 12.0. The van der Waals surface area contributed by atoms with E-state index < -0.39 is 11.6 Å². The highest BCUT2D eigenvalue weighted by Gasteiger charge is 2.45. The van der Waals surface area contributed by atoms with Crippen molar-refractivity contribution in [3.05, 3.63) is 35.4 Å². The Hall–Kier alpha value is -1.83. The Kier molecular flexibility index (Phi) is 7.25. The number of carbonyl (C=O) groups is 1. The summed E-state index contributed by atoms with van der Waals surface area (Å²) in [6.07, 6.45) is 4.59. The van der Waals surface area contributed by atoms with Crippen molar-refractivity contribution in [2.45, 2.75) is 64.5 Å². The van der Waals surface area contributed by atoms with Gasteiger partial charge in [0.2, 0.25) is 0 Å². The summed E-state index contributed by atoms with van der Waals surface area (Å²) in [7, 11) is 0. The highest BCUT2D eigenvalue weighted by molar-refractivity contribution is 5.79. The Labute approximate surface area is 157 Å². The molecule has 0 radical (unpaired) electrons. The molecule has 0 spiro atoms. The Morgan fingerprint density at radius 1 is 1.19 bits per heavy atom. The van der Waals surface area contributed by atoms with E-state index in [1.54, 1.807) is 12.1 Å². The maximum Gasteiger partial charge on any atom is 0.340 e. The first-order valence-electron chi connectivity index (χ1n) is 9.71. The van der Waals surface area contributed by atoms with Crippen LogP contribution in [0.3, 0.4) is 0 Å². The molecule has 2 rings (SSSR count). The molecule has 26 heavy (non-hydrogen) atoms. The van der Waals surface area contributed by atoms with Gasteiger partial charge >= 0.3 is 5.97 Å². The van der Waals surface area contributed by atoms with Crippen molar-refractivity contribution in [3.63, 3.8) is 0 Å². The Balaban J connectivity index is 2.35. The minimum absolute atomic E-state index is 0.0170. The van der Waals surface area contributed by atoms with Crippen molar-refractivity contribution >= 4 is 5.97 Å². The fourth-order valence-electron chi connectivity index (χ4n) is 4.08. The molecule has 0 amide bonds. The highest BCUT2D eigenvalue weighted by atomic mass is 16.4. The number of benzene rings is 1. The zero-order valence-electron chi connectivity index (χ0n) is 16.2. The van der Waals surface area contributed by atoms with Crippen molar-refractivity contribution in [1.29, 1.82) is 0 Å². The van der Waals surface area contributed by atoms with Crippen LogP contribution in [0.5, 0.6) is 0 Å². The van der Waals surface area contributed by atoms with Gasteiger partial charge in [-0.05, 0) is 44.0 Å². The molecular weight excluding hydrogens is 326 g/mol. The zero-order valence-corrected chi connectivity index (χ0v) is 16.2. The number of aliphatic carboxylic acids is 1. The van der Waals surface area contributed by atoms with Crippen LogP contribution in [0.4, 0.5) is 0 Å². The molecule has 1 aromatic carbocycles. The van der Waals surface area contributed by atoms with Crippen LogP contribution in [0.1, 0.15) is 70.0 Å². The topological polar surface area (TPSA) is 60.8 Å². The lowest BCUT2D eigenvalue weighted by Crippen LogP contribution is -2.44. The van der Waals surface area contributed by atoms with Gasteiger partial charge in [0.25, 0.3) is 0 Å². The van der Waals surface area contributed by atoms with Gasteiger partial charge < -0.3 is 10.2 Å². The molecular formula is C22H31NO3. The Morgan fingerprint density at radius 3 is 2.23 bits per heavy atom. The zero-order chi connectivity index (χ0) is 19.2. The molecule has 1 fully saturated rings. The number of aliphatic hydroxyl groups is 1. The van der Waals surface area contributed by atoms with Gasteiger partial charge in [-0.2, -0.15) is 0 Å². The molecule has 0 bridgehead atoms. The van der Waals surface area contributed by atoms with E-state index in [9.17, 15) is 15.0 Å². The van der Waals surface area contributed by atoms with Crippen LogP contribution in [0.15, 0.2) is 24.3 Å². The number of hydrogen-bond donors (Lipinski definition) is 2. The Morgan fingerprint density at radius 2 is 1.77 bits per heavy atom. The molecule has 0 aromatic heterocycles. The van der Waals surface area contributed by atoms with Crippen molar-refractivity contribution < 1.29 is 15.0 Å². The van der Waals surface area contributed by atoms with Crippen LogP contribution >= 0.6 is 0 Å². The van der Waals surface area contributed by atoms with Gasteiger partial charge in [0.05, 0.1) is 6.04 Å². The van der Waals surface area contributed by atoms with Crippen LogP contribution in [0, 0.1) is 17.8 Å². The van der Waals surface area contributed by atoms with Crippen LogP contribution < -0.4 is 0 Å². The van der Waals surface area contributed by atoms with E-state index in [0.717, 1.165) is 50.8 Å². The van der Waals surface area contributed by atoms with Crippen molar-refractivity contribution in [1.82, 2.24) is 4.90 Å². The monoisotopic (exact) mass is 357 g/mol. The third-order valence-electron chi connectivity index (χ3n) is 5.65. The van der Waals surface area contributed by atoms with E-state index in [1.165, 1.54) is 0 Å². The first kappa shape index (κ1) is 20.5. The SMILES string of the molecule is CC#CC(c1ccc(C(O)(C(=O)O)C2CCCCC2)cc1)N(CC)CC. The van der Waals surface area contributed by atoms with E-state index in [2.05, 4.69) is 30.6 Å². The van der Waals surface area contributed by atoms with E-state index in [-0.39, 0.29) is 12.0 Å². The third kappa shape index (κ3) is 4.11. The second-order valence-corrected chi connectivity index (χ2v) is 7.05. The summed E-state index contributed by atoms with van der Waals surface area (Å²) in [4.78, 5) is 14.2. The fourth-order valence-corrected chi connectivity index (χ4v) is 4.08. The molecule has 2 N–H and O–H groups in total. The minimum atomic E-state index is -1.81. The van der Waals surface area contributed by atoms with Crippen molar-refractivity contribution in [2.24, 2.45) is 5.92 Å². The molecule has 142 valence electrons. The lowest BCUT2D eigenvalue weighted by Gasteiger charge is -2.35. The van der Waals surface area contributed by atoms with Crippen LogP contribution in [0.25, 0.3) is 0 Å². The molecule has 2 unspecified atom stereocenters. The summed E-state index contributed by atoms with van der Waals surface area (Å²) >= 11 is 0. The van der Waals surface area contributed by atoms with Gasteiger partial charge in [-0.25, -0.2) is 4.79 Å². The average molecular weight is 357 g/mol. The summed E-state index contributed by atoms with van der Waals surface area (Å²) in [5, 5.41) is 20.9. The molecule has 4 heteroatoms. The van der Waals surface area contributed by atoms with Gasteiger partial charge in [-0.15, -0.1) is 5.92 Å². The van der Waals surface area contributed by atoms with Gasteiger partial charge in [0.15, 0.2) is 5.60 Å². The summed E-state index contributed by atoms with van der Waals surface area (Å²) in [5.41, 5.74) is -0.299. The van der Waals surface area contributed by atoms with Crippen molar-refractivity contribution in [2.75, 3.05) is 13.1 Å². The summed E-state index contributed by atoms with van der Waals surface area (Å²) < 4.78 is 0. The molecule has 1 aliphatic carbocycles. The van der Waals surface area contributed by atoms with E-state index in [0.29, 0.717) is 5.56 Å². The smallest absolute Gasteiger partial charge is 0.340 e. The van der Waals surface area contributed by atoms with E-state index >= 15 is 0 Å². The first-order chi connectivity index (χ1) is 12.5. The number of nitrogens with zero attached hydrogens (tertiary/aromatic N) is 1. The third-order valence-corrected chi connectivity index (χ3v) is 5.65. The number of rotatable bonds is 7. The normalized spacial score (nSPS) is 18.7.